The van der Waals surface area contributed by atoms with Gasteiger partial charge in [-0.25, -0.2) is 9.68 Å². The number of carboxylic acids is 2. The minimum Gasteiger partial charge on any atom is -0.481 e. The molecule has 0 radical (unpaired) electrons. The first-order valence-corrected chi connectivity index (χ1v) is 5.12. The number of hydrogen-bond donors (Lipinski definition) is 3. The molecule has 0 bridgehead atoms. The summed E-state index contributed by atoms with van der Waals surface area (Å²) in [6.07, 6.45) is 3.52. The van der Waals surface area contributed by atoms with Crippen LogP contribution in [0.1, 0.15) is 26.2 Å². The van der Waals surface area contributed by atoms with Crippen molar-refractivity contribution in [3.63, 3.8) is 0 Å². The minimum absolute atomic E-state index is 0.0637. The van der Waals surface area contributed by atoms with Crippen molar-refractivity contribution in [2.45, 2.75) is 26.2 Å². The largest absolute Gasteiger partial charge is 0.481 e. The van der Waals surface area contributed by atoms with Gasteiger partial charge in [0, 0.05) is 12.0 Å². The van der Waals surface area contributed by atoms with Crippen LogP contribution in [-0.2, 0) is 14.5 Å². The molecule has 6 nitrogen and oxygen atoms in total. The molecular weight excluding hydrogens is 228 g/mol. The molecule has 0 unspecified atom stereocenters. The molecule has 0 amide bonds. The van der Waals surface area contributed by atoms with Crippen molar-refractivity contribution in [2.75, 3.05) is 6.61 Å². The zero-order valence-corrected chi connectivity index (χ0v) is 9.55. The van der Waals surface area contributed by atoms with E-state index < -0.39 is 11.9 Å². The molecule has 0 aliphatic rings. The van der Waals surface area contributed by atoms with Crippen LogP contribution in [0.4, 0.5) is 0 Å². The van der Waals surface area contributed by atoms with Crippen molar-refractivity contribution in [1.82, 2.24) is 0 Å². The van der Waals surface area contributed by atoms with Crippen LogP contribution in [0.5, 0.6) is 0 Å². The molecule has 0 aliphatic heterocycles. The van der Waals surface area contributed by atoms with E-state index in [0.29, 0.717) is 6.42 Å². The highest BCUT2D eigenvalue weighted by atomic mass is 17.1. The van der Waals surface area contributed by atoms with Gasteiger partial charge in [-0.2, -0.15) is 0 Å². The molecule has 0 saturated carbocycles. The lowest BCUT2D eigenvalue weighted by Gasteiger charge is -2.06. The van der Waals surface area contributed by atoms with E-state index in [4.69, 9.17) is 15.5 Å². The van der Waals surface area contributed by atoms with Gasteiger partial charge in [0.25, 0.3) is 0 Å². The maximum Gasteiger partial charge on any atom is 0.331 e. The highest BCUT2D eigenvalue weighted by molar-refractivity contribution is 5.89. The van der Waals surface area contributed by atoms with Gasteiger partial charge < -0.3 is 10.2 Å². The van der Waals surface area contributed by atoms with Gasteiger partial charge in [-0.1, -0.05) is 19.1 Å². The third-order valence-electron chi connectivity index (χ3n) is 2.01. The average molecular weight is 244 g/mol. The van der Waals surface area contributed by atoms with Crippen LogP contribution >= 0.6 is 0 Å². The topological polar surface area (TPSA) is 104 Å². The second-order valence-electron chi connectivity index (χ2n) is 3.29. The highest BCUT2D eigenvalue weighted by Gasteiger charge is 2.14. The Hall–Kier alpha value is -1.66. The second kappa shape index (κ2) is 8.49. The first-order valence-electron chi connectivity index (χ1n) is 5.12. The number of allylic oxidation sites excluding steroid dienone is 1. The summed E-state index contributed by atoms with van der Waals surface area (Å²) in [4.78, 5) is 25.3. The summed E-state index contributed by atoms with van der Waals surface area (Å²) in [7, 11) is 0. The predicted molar refractivity (Wildman–Crippen MR) is 59.5 cm³/mol. The van der Waals surface area contributed by atoms with E-state index in [1.807, 2.05) is 6.92 Å². The lowest BCUT2D eigenvalue weighted by atomic mass is 10.0. The van der Waals surface area contributed by atoms with Crippen molar-refractivity contribution in [2.24, 2.45) is 0 Å². The summed E-state index contributed by atoms with van der Waals surface area (Å²) in [5, 5.41) is 25.8. The Balaban J connectivity index is 5.03. The van der Waals surface area contributed by atoms with Gasteiger partial charge in [0.1, 0.15) is 6.61 Å². The fraction of sp³-hybridized carbons (Fsp3) is 0.455. The SMILES string of the molecule is CC/C=C/C(COO)=C(\CCC(=O)O)C(=O)O. The smallest absolute Gasteiger partial charge is 0.331 e. The fourth-order valence-electron chi connectivity index (χ4n) is 1.20. The van der Waals surface area contributed by atoms with Gasteiger partial charge in [0.2, 0.25) is 0 Å². The Morgan fingerprint density at radius 2 is 1.88 bits per heavy atom. The summed E-state index contributed by atoms with van der Waals surface area (Å²) in [5.74, 6) is -2.29. The van der Waals surface area contributed by atoms with Gasteiger partial charge in [-0.05, 0) is 18.4 Å². The van der Waals surface area contributed by atoms with Gasteiger partial charge in [-0.3, -0.25) is 10.1 Å². The maximum atomic E-state index is 11.0. The monoisotopic (exact) mass is 244 g/mol. The Morgan fingerprint density at radius 3 is 2.29 bits per heavy atom. The molecule has 0 aromatic heterocycles. The molecule has 0 rings (SSSR count). The van der Waals surface area contributed by atoms with E-state index in [1.54, 1.807) is 6.08 Å². The van der Waals surface area contributed by atoms with Gasteiger partial charge in [0.15, 0.2) is 0 Å². The molecule has 3 N–H and O–H groups in total. The Bertz CT molecular complexity index is 329. The molecule has 0 aromatic carbocycles. The fourth-order valence-corrected chi connectivity index (χ4v) is 1.20. The molecule has 0 fully saturated rings. The highest BCUT2D eigenvalue weighted by Crippen LogP contribution is 2.14. The second-order valence-corrected chi connectivity index (χ2v) is 3.29. The molecule has 0 aliphatic carbocycles. The van der Waals surface area contributed by atoms with E-state index in [1.165, 1.54) is 6.08 Å². The standard InChI is InChI=1S/C11H16O6/c1-2-3-4-8(7-17-16)9(11(14)15)5-6-10(12)13/h3-4,16H,2,5-7H2,1H3,(H,12,13)(H,14,15)/b4-3+,9-8-. The normalized spacial score (nSPS) is 12.6. The number of aliphatic carboxylic acids is 2. The first kappa shape index (κ1) is 15.3. The molecular formula is C11H16O6. The molecule has 0 heterocycles. The van der Waals surface area contributed by atoms with E-state index in [-0.39, 0.29) is 30.6 Å². The maximum absolute atomic E-state index is 11.0. The van der Waals surface area contributed by atoms with Gasteiger partial charge in [0.05, 0.1) is 0 Å². The third kappa shape index (κ3) is 6.49. The van der Waals surface area contributed by atoms with Crippen molar-refractivity contribution in [1.29, 1.82) is 0 Å². The summed E-state index contributed by atoms with van der Waals surface area (Å²) in [6.45, 7) is 1.59. The van der Waals surface area contributed by atoms with Crippen LogP contribution < -0.4 is 0 Å². The Kier molecular flexibility index (Phi) is 7.66. The molecule has 0 spiro atoms. The summed E-state index contributed by atoms with van der Waals surface area (Å²) in [6, 6.07) is 0. The predicted octanol–water partition coefficient (Wildman–Crippen LogP) is 1.69. The zero-order chi connectivity index (χ0) is 13.3. The van der Waals surface area contributed by atoms with Crippen molar-refractivity contribution < 1.29 is 29.9 Å². The van der Waals surface area contributed by atoms with E-state index in [0.717, 1.165) is 0 Å². The summed E-state index contributed by atoms with van der Waals surface area (Å²) >= 11 is 0. The Labute approximate surface area is 98.8 Å². The molecule has 0 saturated heterocycles. The Morgan fingerprint density at radius 1 is 1.24 bits per heavy atom. The van der Waals surface area contributed by atoms with Crippen LogP contribution in [0, 0.1) is 0 Å². The van der Waals surface area contributed by atoms with Crippen molar-refractivity contribution in [3.8, 4) is 0 Å². The lowest BCUT2D eigenvalue weighted by molar-refractivity contribution is -0.233. The quantitative estimate of drug-likeness (QED) is 0.260. The van der Waals surface area contributed by atoms with E-state index in [9.17, 15) is 9.59 Å². The molecule has 96 valence electrons. The van der Waals surface area contributed by atoms with Crippen LogP contribution in [0.3, 0.4) is 0 Å². The average Bonchev–Trinajstić information content (AvgIpc) is 2.25. The third-order valence-corrected chi connectivity index (χ3v) is 2.01. The van der Waals surface area contributed by atoms with Crippen molar-refractivity contribution in [3.05, 3.63) is 23.3 Å². The van der Waals surface area contributed by atoms with Gasteiger partial charge in [-0.15, -0.1) is 0 Å². The molecule has 0 aromatic rings. The number of rotatable bonds is 8. The summed E-state index contributed by atoms with van der Waals surface area (Å²) < 4.78 is 0. The number of carboxylic acid groups (broad SMARTS) is 2. The minimum atomic E-state index is -1.21. The number of hydrogen-bond acceptors (Lipinski definition) is 4. The van der Waals surface area contributed by atoms with Crippen LogP contribution in [0.2, 0.25) is 0 Å². The number of carbonyl (C=O) groups is 2. The van der Waals surface area contributed by atoms with Crippen molar-refractivity contribution >= 4 is 11.9 Å². The van der Waals surface area contributed by atoms with Crippen LogP contribution in [0.25, 0.3) is 0 Å². The molecule has 6 heteroatoms. The van der Waals surface area contributed by atoms with Crippen LogP contribution in [-0.4, -0.2) is 34.0 Å². The molecule has 0 atom stereocenters. The van der Waals surface area contributed by atoms with E-state index >= 15 is 0 Å². The molecule has 17 heavy (non-hydrogen) atoms. The lowest BCUT2D eigenvalue weighted by Crippen LogP contribution is -2.09. The van der Waals surface area contributed by atoms with Crippen LogP contribution in [0.15, 0.2) is 23.3 Å². The first-order chi connectivity index (χ1) is 8.02. The van der Waals surface area contributed by atoms with Gasteiger partial charge >= 0.3 is 11.9 Å². The zero-order valence-electron chi connectivity index (χ0n) is 9.55. The summed E-state index contributed by atoms with van der Waals surface area (Å²) in [5.41, 5.74) is 0.203. The van der Waals surface area contributed by atoms with E-state index in [2.05, 4.69) is 4.89 Å².